The van der Waals surface area contributed by atoms with Gasteiger partial charge < -0.3 is 15.4 Å². The van der Waals surface area contributed by atoms with Crippen LogP contribution in [0.1, 0.15) is 60.3 Å². The highest BCUT2D eigenvalue weighted by Gasteiger charge is 2.21. The molecule has 2 N–H and O–H groups in total. The molecule has 118 valence electrons. The van der Waals surface area contributed by atoms with Crippen molar-refractivity contribution in [3.63, 3.8) is 0 Å². The second kappa shape index (κ2) is 8.82. The Hall–Kier alpha value is -1.26. The minimum atomic E-state index is -0.503. The van der Waals surface area contributed by atoms with Crippen LogP contribution in [0.2, 0.25) is 0 Å². The van der Waals surface area contributed by atoms with E-state index in [-0.39, 0.29) is 12.0 Å². The molecule has 0 spiro atoms. The van der Waals surface area contributed by atoms with Crippen molar-refractivity contribution < 1.29 is 14.3 Å². The SMILES string of the molecule is CC(C)CCCN(CCCC(N)=O)C(=O)OC(C)(C)C. The maximum absolute atomic E-state index is 12.1. The van der Waals surface area contributed by atoms with E-state index in [4.69, 9.17) is 10.5 Å². The number of primary amides is 1. The van der Waals surface area contributed by atoms with Crippen molar-refractivity contribution in [1.29, 1.82) is 0 Å². The van der Waals surface area contributed by atoms with E-state index >= 15 is 0 Å². The van der Waals surface area contributed by atoms with Crippen molar-refractivity contribution in [3.8, 4) is 0 Å². The molecule has 0 aliphatic carbocycles. The predicted molar refractivity (Wildman–Crippen MR) is 80.3 cm³/mol. The van der Waals surface area contributed by atoms with Gasteiger partial charge in [0.15, 0.2) is 0 Å². The highest BCUT2D eigenvalue weighted by molar-refractivity contribution is 5.73. The number of nitrogens with zero attached hydrogens (tertiary/aromatic N) is 1. The summed E-state index contributed by atoms with van der Waals surface area (Å²) in [5.41, 5.74) is 4.62. The fourth-order valence-corrected chi connectivity index (χ4v) is 1.76. The number of carbonyl (C=O) groups excluding carboxylic acids is 2. The molecular weight excluding hydrogens is 256 g/mol. The van der Waals surface area contributed by atoms with Crippen LogP contribution < -0.4 is 5.73 Å². The van der Waals surface area contributed by atoms with Crippen LogP contribution >= 0.6 is 0 Å². The molecule has 20 heavy (non-hydrogen) atoms. The molecule has 0 unspecified atom stereocenters. The van der Waals surface area contributed by atoms with E-state index in [1.807, 2.05) is 20.8 Å². The zero-order chi connectivity index (χ0) is 15.8. The first-order chi connectivity index (χ1) is 9.11. The van der Waals surface area contributed by atoms with Gasteiger partial charge in [-0.2, -0.15) is 0 Å². The van der Waals surface area contributed by atoms with Crippen molar-refractivity contribution in [2.24, 2.45) is 11.7 Å². The van der Waals surface area contributed by atoms with Gasteiger partial charge in [-0.15, -0.1) is 0 Å². The van der Waals surface area contributed by atoms with Crippen LogP contribution in [0.5, 0.6) is 0 Å². The lowest BCUT2D eigenvalue weighted by molar-refractivity contribution is -0.118. The molecule has 0 heterocycles. The van der Waals surface area contributed by atoms with Crippen molar-refractivity contribution >= 4 is 12.0 Å². The van der Waals surface area contributed by atoms with Crippen molar-refractivity contribution in [2.75, 3.05) is 13.1 Å². The summed E-state index contributed by atoms with van der Waals surface area (Å²) in [6, 6.07) is 0. The fourth-order valence-electron chi connectivity index (χ4n) is 1.76. The Labute approximate surface area is 122 Å². The van der Waals surface area contributed by atoms with E-state index < -0.39 is 5.60 Å². The Morgan fingerprint density at radius 1 is 1.15 bits per heavy atom. The number of carbonyl (C=O) groups is 2. The van der Waals surface area contributed by atoms with Crippen molar-refractivity contribution in [2.45, 2.75) is 65.9 Å². The van der Waals surface area contributed by atoms with E-state index in [1.165, 1.54) is 0 Å². The maximum Gasteiger partial charge on any atom is 0.410 e. The summed E-state index contributed by atoms with van der Waals surface area (Å²) in [4.78, 5) is 24.5. The molecule has 2 amide bonds. The second-order valence-electron chi connectivity index (χ2n) is 6.57. The molecule has 0 radical (unpaired) electrons. The third-order valence-electron chi connectivity index (χ3n) is 2.71. The lowest BCUT2D eigenvalue weighted by atomic mass is 10.1. The van der Waals surface area contributed by atoms with E-state index in [9.17, 15) is 9.59 Å². The Bertz CT molecular complexity index is 309. The average Bonchev–Trinajstić information content (AvgIpc) is 2.23. The van der Waals surface area contributed by atoms with E-state index in [1.54, 1.807) is 4.90 Å². The lowest BCUT2D eigenvalue weighted by Crippen LogP contribution is -2.38. The molecule has 0 fully saturated rings. The van der Waals surface area contributed by atoms with Gasteiger partial charge in [-0.1, -0.05) is 13.8 Å². The number of nitrogens with two attached hydrogens (primary N) is 1. The quantitative estimate of drug-likeness (QED) is 0.745. The molecule has 0 bridgehead atoms. The number of amides is 2. The third-order valence-corrected chi connectivity index (χ3v) is 2.71. The van der Waals surface area contributed by atoms with Crippen molar-refractivity contribution in [3.05, 3.63) is 0 Å². The van der Waals surface area contributed by atoms with Crippen LogP contribution in [0.15, 0.2) is 0 Å². The summed E-state index contributed by atoms with van der Waals surface area (Å²) in [6.45, 7) is 11.0. The second-order valence-corrected chi connectivity index (χ2v) is 6.57. The maximum atomic E-state index is 12.1. The molecule has 0 aliphatic rings. The summed E-state index contributed by atoms with van der Waals surface area (Å²) >= 11 is 0. The van der Waals surface area contributed by atoms with Gasteiger partial charge in [0.1, 0.15) is 5.60 Å². The van der Waals surface area contributed by atoms with Gasteiger partial charge >= 0.3 is 6.09 Å². The molecule has 0 aliphatic heterocycles. The molecule has 5 heteroatoms. The normalized spacial score (nSPS) is 11.5. The first-order valence-corrected chi connectivity index (χ1v) is 7.38. The summed E-state index contributed by atoms with van der Waals surface area (Å²) in [7, 11) is 0. The standard InChI is InChI=1S/C15H30N2O3/c1-12(2)8-6-10-17(11-7-9-13(16)18)14(19)20-15(3,4)5/h12H,6-11H2,1-5H3,(H2,16,18). The number of rotatable bonds is 8. The van der Waals surface area contributed by atoms with Crippen LogP contribution in [-0.2, 0) is 9.53 Å². The first kappa shape index (κ1) is 18.7. The minimum Gasteiger partial charge on any atom is -0.444 e. The molecule has 0 atom stereocenters. The van der Waals surface area contributed by atoms with Gasteiger partial charge in [-0.05, 0) is 46.0 Å². The largest absolute Gasteiger partial charge is 0.444 e. The fraction of sp³-hybridized carbons (Fsp3) is 0.867. The Balaban J connectivity index is 4.36. The van der Waals surface area contributed by atoms with Gasteiger partial charge in [0.25, 0.3) is 0 Å². The minimum absolute atomic E-state index is 0.295. The Morgan fingerprint density at radius 2 is 1.70 bits per heavy atom. The lowest BCUT2D eigenvalue weighted by Gasteiger charge is -2.27. The highest BCUT2D eigenvalue weighted by atomic mass is 16.6. The van der Waals surface area contributed by atoms with Gasteiger partial charge in [-0.3, -0.25) is 4.79 Å². The molecular formula is C15H30N2O3. The predicted octanol–water partition coefficient (Wildman–Crippen LogP) is 2.93. The molecule has 5 nitrogen and oxygen atoms in total. The summed E-state index contributed by atoms with van der Waals surface area (Å²) in [5.74, 6) is 0.275. The van der Waals surface area contributed by atoms with E-state index in [2.05, 4.69) is 13.8 Å². The van der Waals surface area contributed by atoms with Crippen LogP contribution in [0.3, 0.4) is 0 Å². The van der Waals surface area contributed by atoms with Crippen LogP contribution in [0.25, 0.3) is 0 Å². The molecule has 0 aromatic heterocycles. The van der Waals surface area contributed by atoms with Crippen LogP contribution in [-0.4, -0.2) is 35.6 Å². The molecule has 0 aromatic carbocycles. The summed E-state index contributed by atoms with van der Waals surface area (Å²) in [5, 5.41) is 0. The summed E-state index contributed by atoms with van der Waals surface area (Å²) < 4.78 is 5.39. The van der Waals surface area contributed by atoms with E-state index in [0.717, 1.165) is 12.8 Å². The Morgan fingerprint density at radius 3 is 2.15 bits per heavy atom. The smallest absolute Gasteiger partial charge is 0.410 e. The topological polar surface area (TPSA) is 72.6 Å². The highest BCUT2D eigenvalue weighted by Crippen LogP contribution is 2.12. The molecule has 0 saturated heterocycles. The number of hydrogen-bond acceptors (Lipinski definition) is 3. The molecule has 0 saturated carbocycles. The van der Waals surface area contributed by atoms with Crippen molar-refractivity contribution in [1.82, 2.24) is 4.90 Å². The summed E-state index contributed by atoms with van der Waals surface area (Å²) in [6.07, 6.45) is 2.56. The number of ether oxygens (including phenoxy) is 1. The molecule has 0 aromatic rings. The van der Waals surface area contributed by atoms with E-state index in [0.29, 0.717) is 31.8 Å². The molecule has 0 rings (SSSR count). The zero-order valence-corrected chi connectivity index (χ0v) is 13.6. The zero-order valence-electron chi connectivity index (χ0n) is 13.6. The van der Waals surface area contributed by atoms with Gasteiger partial charge in [0, 0.05) is 19.5 Å². The average molecular weight is 286 g/mol. The van der Waals surface area contributed by atoms with Gasteiger partial charge in [-0.25, -0.2) is 4.79 Å². The van der Waals surface area contributed by atoms with Gasteiger partial charge in [0.2, 0.25) is 5.91 Å². The van der Waals surface area contributed by atoms with Crippen LogP contribution in [0.4, 0.5) is 4.79 Å². The Kier molecular flexibility index (Phi) is 8.26. The third kappa shape index (κ3) is 10.6. The van der Waals surface area contributed by atoms with Crippen LogP contribution in [0, 0.1) is 5.92 Å². The number of hydrogen-bond donors (Lipinski definition) is 1. The van der Waals surface area contributed by atoms with Gasteiger partial charge in [0.05, 0.1) is 0 Å². The first-order valence-electron chi connectivity index (χ1n) is 7.38. The monoisotopic (exact) mass is 286 g/mol.